The molecule has 0 saturated carbocycles. The van der Waals surface area contributed by atoms with E-state index >= 15 is 0 Å². The summed E-state index contributed by atoms with van der Waals surface area (Å²) in [7, 11) is 0. The van der Waals surface area contributed by atoms with Crippen molar-refractivity contribution in [2.24, 2.45) is 5.10 Å². The van der Waals surface area contributed by atoms with E-state index in [4.69, 9.17) is 0 Å². The Hall–Kier alpha value is -2.99. The molecule has 0 spiro atoms. The van der Waals surface area contributed by atoms with Crippen LogP contribution in [0, 0.1) is 0 Å². The molecule has 2 heterocycles. The first-order valence-electron chi connectivity index (χ1n) is 10.2. The van der Waals surface area contributed by atoms with Crippen LogP contribution < -0.4 is 5.01 Å². The van der Waals surface area contributed by atoms with E-state index in [1.54, 1.807) is 0 Å². The topological polar surface area (TPSA) is 56.2 Å². The average molecular weight is 390 g/mol. The molecular weight excluding hydrogens is 364 g/mol. The largest absolute Gasteiger partial charge is 0.335 e. The highest BCUT2D eigenvalue weighted by atomic mass is 16.2. The monoisotopic (exact) mass is 390 g/mol. The number of piperazine rings is 1. The molecule has 150 valence electrons. The minimum absolute atomic E-state index is 0.0406. The Labute approximate surface area is 171 Å². The lowest BCUT2D eigenvalue weighted by Crippen LogP contribution is -2.51. The van der Waals surface area contributed by atoms with Crippen LogP contribution in [0.15, 0.2) is 65.8 Å². The predicted octanol–water partition coefficient (Wildman–Crippen LogP) is 2.56. The van der Waals surface area contributed by atoms with Gasteiger partial charge >= 0.3 is 0 Å². The summed E-state index contributed by atoms with van der Waals surface area (Å²) in [5.74, 6) is -0.111. The van der Waals surface area contributed by atoms with Gasteiger partial charge in [-0.15, -0.1) is 0 Å². The molecule has 0 atom stereocenters. The highest BCUT2D eigenvalue weighted by molar-refractivity contribution is 6.40. The summed E-state index contributed by atoms with van der Waals surface area (Å²) < 4.78 is 0. The molecule has 4 rings (SSSR count). The van der Waals surface area contributed by atoms with Gasteiger partial charge in [-0.05, 0) is 24.1 Å². The molecule has 6 heteroatoms. The molecule has 0 bridgehead atoms. The van der Waals surface area contributed by atoms with Crippen molar-refractivity contribution >= 4 is 23.2 Å². The van der Waals surface area contributed by atoms with E-state index in [1.807, 2.05) is 41.3 Å². The normalized spacial score (nSPS) is 17.9. The Morgan fingerprint density at radius 1 is 0.862 bits per heavy atom. The number of benzene rings is 2. The van der Waals surface area contributed by atoms with Crippen molar-refractivity contribution in [2.45, 2.75) is 19.3 Å². The number of carbonyl (C=O) groups is 2. The average Bonchev–Trinajstić information content (AvgIpc) is 2.79. The number of hydrogen-bond donors (Lipinski definition) is 0. The van der Waals surface area contributed by atoms with Gasteiger partial charge in [0, 0.05) is 45.6 Å². The van der Waals surface area contributed by atoms with Crippen LogP contribution in [0.5, 0.6) is 0 Å². The van der Waals surface area contributed by atoms with Crippen LogP contribution in [0.4, 0.5) is 5.69 Å². The summed E-state index contributed by atoms with van der Waals surface area (Å²) in [6, 6.07) is 19.8. The fourth-order valence-electron chi connectivity index (χ4n) is 3.77. The third-order valence-corrected chi connectivity index (χ3v) is 5.50. The van der Waals surface area contributed by atoms with Crippen molar-refractivity contribution in [2.75, 3.05) is 37.7 Å². The highest BCUT2D eigenvalue weighted by Gasteiger charge is 2.29. The summed E-state index contributed by atoms with van der Waals surface area (Å²) in [5, 5.41) is 5.77. The summed E-state index contributed by atoms with van der Waals surface area (Å²) in [5.41, 5.74) is 2.52. The van der Waals surface area contributed by atoms with Crippen LogP contribution in [0.1, 0.15) is 18.4 Å². The maximum atomic E-state index is 13.0. The van der Waals surface area contributed by atoms with Gasteiger partial charge in [0.05, 0.1) is 5.69 Å². The molecule has 6 nitrogen and oxygen atoms in total. The minimum atomic E-state index is -0.0709. The van der Waals surface area contributed by atoms with Crippen LogP contribution in [-0.4, -0.2) is 60.0 Å². The van der Waals surface area contributed by atoms with Crippen LogP contribution in [0.2, 0.25) is 0 Å². The van der Waals surface area contributed by atoms with Crippen LogP contribution in [-0.2, 0) is 16.0 Å². The number of hydrazone groups is 1. The zero-order valence-corrected chi connectivity index (χ0v) is 16.5. The fourth-order valence-corrected chi connectivity index (χ4v) is 3.77. The van der Waals surface area contributed by atoms with E-state index in [1.165, 1.54) is 10.6 Å². The summed E-state index contributed by atoms with van der Waals surface area (Å²) in [6.45, 7) is 4.14. The molecular formula is C23H26N4O2. The lowest BCUT2D eigenvalue weighted by Gasteiger charge is -2.35. The lowest BCUT2D eigenvalue weighted by atomic mass is 10.1. The van der Waals surface area contributed by atoms with Gasteiger partial charge in [-0.1, -0.05) is 48.5 Å². The number of hydrogen-bond acceptors (Lipinski definition) is 4. The van der Waals surface area contributed by atoms with Crippen molar-refractivity contribution < 1.29 is 9.59 Å². The Morgan fingerprint density at radius 3 is 2.21 bits per heavy atom. The van der Waals surface area contributed by atoms with Crippen molar-refractivity contribution in [3.63, 3.8) is 0 Å². The Kier molecular flexibility index (Phi) is 6.00. The fraction of sp³-hybridized carbons (Fsp3) is 0.348. The van der Waals surface area contributed by atoms with Gasteiger partial charge in [0.25, 0.3) is 5.91 Å². The molecule has 2 aromatic carbocycles. The Morgan fingerprint density at radius 2 is 1.52 bits per heavy atom. The van der Waals surface area contributed by atoms with E-state index in [2.05, 4.69) is 34.3 Å². The first-order chi connectivity index (χ1) is 14.2. The van der Waals surface area contributed by atoms with Gasteiger partial charge in [-0.3, -0.25) is 14.5 Å². The summed E-state index contributed by atoms with van der Waals surface area (Å²) in [4.78, 5) is 29.5. The van der Waals surface area contributed by atoms with E-state index in [0.717, 1.165) is 26.1 Å². The summed E-state index contributed by atoms with van der Waals surface area (Å²) in [6.07, 6.45) is 1.75. The first-order valence-corrected chi connectivity index (χ1v) is 10.2. The number of nitrogens with zero attached hydrogens (tertiary/aromatic N) is 4. The van der Waals surface area contributed by atoms with Gasteiger partial charge in [0.15, 0.2) is 0 Å². The van der Waals surface area contributed by atoms with E-state index in [9.17, 15) is 9.59 Å². The van der Waals surface area contributed by atoms with Gasteiger partial charge < -0.3 is 4.90 Å². The maximum absolute atomic E-state index is 13.0. The molecule has 2 aliphatic rings. The summed E-state index contributed by atoms with van der Waals surface area (Å²) >= 11 is 0. The molecule has 0 radical (unpaired) electrons. The van der Waals surface area contributed by atoms with E-state index in [-0.39, 0.29) is 11.8 Å². The number of carbonyl (C=O) groups excluding carboxylic acids is 2. The van der Waals surface area contributed by atoms with Gasteiger partial charge in [-0.25, -0.2) is 5.01 Å². The van der Waals surface area contributed by atoms with E-state index < -0.39 is 0 Å². The van der Waals surface area contributed by atoms with Gasteiger partial charge in [-0.2, -0.15) is 5.10 Å². The highest BCUT2D eigenvalue weighted by Crippen LogP contribution is 2.20. The molecule has 2 aliphatic heterocycles. The van der Waals surface area contributed by atoms with Crippen LogP contribution >= 0.6 is 0 Å². The van der Waals surface area contributed by atoms with Crippen molar-refractivity contribution in [1.29, 1.82) is 0 Å². The molecule has 0 unspecified atom stereocenters. The molecule has 0 aromatic heterocycles. The molecule has 1 saturated heterocycles. The molecule has 2 amide bonds. The SMILES string of the molecule is O=C(C1=NN(c2ccccc2)C(=O)CC1)N1CCN(CCc2ccccc2)CC1. The lowest BCUT2D eigenvalue weighted by molar-refractivity contribution is -0.126. The number of anilines is 1. The maximum Gasteiger partial charge on any atom is 0.270 e. The second-order valence-electron chi connectivity index (χ2n) is 7.46. The first kappa shape index (κ1) is 19.3. The molecule has 1 fully saturated rings. The second-order valence-corrected chi connectivity index (χ2v) is 7.46. The third kappa shape index (κ3) is 4.71. The second kappa shape index (κ2) is 9.01. The van der Waals surface area contributed by atoms with Gasteiger partial charge in [0.2, 0.25) is 5.91 Å². The van der Waals surface area contributed by atoms with Crippen LogP contribution in [0.3, 0.4) is 0 Å². The van der Waals surface area contributed by atoms with Crippen molar-refractivity contribution in [3.05, 3.63) is 66.2 Å². The predicted molar refractivity (Wildman–Crippen MR) is 114 cm³/mol. The zero-order valence-electron chi connectivity index (χ0n) is 16.5. The minimum Gasteiger partial charge on any atom is -0.335 e. The van der Waals surface area contributed by atoms with Crippen molar-refractivity contribution in [1.82, 2.24) is 9.80 Å². The molecule has 0 aliphatic carbocycles. The van der Waals surface area contributed by atoms with Crippen LogP contribution in [0.25, 0.3) is 0 Å². The Balaban J connectivity index is 1.33. The molecule has 2 aromatic rings. The number of amides is 2. The third-order valence-electron chi connectivity index (χ3n) is 5.50. The van der Waals surface area contributed by atoms with Crippen molar-refractivity contribution in [3.8, 4) is 0 Å². The standard InChI is InChI=1S/C23H26N4O2/c28-22-12-11-21(24-27(22)20-9-5-2-6-10-20)23(29)26-17-15-25(16-18-26)14-13-19-7-3-1-4-8-19/h1-10H,11-18H2. The number of rotatable bonds is 5. The Bertz CT molecular complexity index is 874. The van der Waals surface area contributed by atoms with E-state index in [0.29, 0.717) is 37.3 Å². The van der Waals surface area contributed by atoms with Gasteiger partial charge in [0.1, 0.15) is 5.71 Å². The smallest absolute Gasteiger partial charge is 0.270 e. The zero-order chi connectivity index (χ0) is 20.1. The number of para-hydroxylation sites is 1. The quantitative estimate of drug-likeness (QED) is 0.788. The molecule has 0 N–H and O–H groups in total. The molecule has 29 heavy (non-hydrogen) atoms.